The SMILES string of the molecule is COc1ccc(C=C2c3cc(O)ccc3CC23Cc2ccc(O)cc2C3)cc1. The van der Waals surface area contributed by atoms with Crippen LogP contribution in [0.15, 0.2) is 60.7 Å². The van der Waals surface area contributed by atoms with Gasteiger partial charge >= 0.3 is 0 Å². The molecule has 3 nitrogen and oxygen atoms in total. The standard InChI is InChI=1S/C25H22O3/c1-28-22-8-2-16(3-9-22)10-24-23-12-21(27)7-5-18(23)14-25(24)13-17-4-6-20(26)11-19(17)15-25/h2-12,26-27H,13-15H2,1H3. The predicted molar refractivity (Wildman–Crippen MR) is 111 cm³/mol. The lowest BCUT2D eigenvalue weighted by Crippen LogP contribution is -2.20. The summed E-state index contributed by atoms with van der Waals surface area (Å²) >= 11 is 0. The summed E-state index contributed by atoms with van der Waals surface area (Å²) in [6.45, 7) is 0. The molecule has 2 N–H and O–H groups in total. The largest absolute Gasteiger partial charge is 0.508 e. The van der Waals surface area contributed by atoms with Crippen molar-refractivity contribution in [1.29, 1.82) is 0 Å². The van der Waals surface area contributed by atoms with Crippen LogP contribution in [0.25, 0.3) is 11.6 Å². The fourth-order valence-electron chi connectivity index (χ4n) is 4.87. The van der Waals surface area contributed by atoms with Crippen molar-refractivity contribution in [2.45, 2.75) is 19.3 Å². The minimum absolute atomic E-state index is 0.0355. The van der Waals surface area contributed by atoms with E-state index in [1.54, 1.807) is 19.2 Å². The Hall–Kier alpha value is -3.20. The quantitative estimate of drug-likeness (QED) is 0.668. The Bertz CT molecular complexity index is 1090. The third kappa shape index (κ3) is 2.66. The highest BCUT2D eigenvalue weighted by Gasteiger charge is 2.46. The number of hydrogen-bond donors (Lipinski definition) is 2. The number of allylic oxidation sites excluding steroid dienone is 1. The van der Waals surface area contributed by atoms with E-state index < -0.39 is 0 Å². The molecular formula is C25H22O3. The molecule has 0 radical (unpaired) electrons. The molecule has 2 aliphatic rings. The van der Waals surface area contributed by atoms with Crippen LogP contribution in [0.4, 0.5) is 0 Å². The van der Waals surface area contributed by atoms with Crippen molar-refractivity contribution >= 4 is 11.6 Å². The smallest absolute Gasteiger partial charge is 0.118 e. The lowest BCUT2D eigenvalue weighted by atomic mass is 9.77. The van der Waals surface area contributed by atoms with Gasteiger partial charge in [0.25, 0.3) is 0 Å². The Morgan fingerprint density at radius 2 is 1.43 bits per heavy atom. The molecule has 0 amide bonds. The maximum atomic E-state index is 10.1. The van der Waals surface area contributed by atoms with Crippen LogP contribution < -0.4 is 4.74 Å². The molecule has 0 fully saturated rings. The molecule has 0 aliphatic heterocycles. The van der Waals surface area contributed by atoms with Crippen LogP contribution >= 0.6 is 0 Å². The summed E-state index contributed by atoms with van der Waals surface area (Å²) in [5.41, 5.74) is 7.27. The van der Waals surface area contributed by atoms with Gasteiger partial charge in [0.2, 0.25) is 0 Å². The average Bonchev–Trinajstić information content (AvgIpc) is 3.19. The number of fused-ring (bicyclic) bond motifs is 2. The van der Waals surface area contributed by atoms with Crippen molar-refractivity contribution in [3.05, 3.63) is 88.5 Å². The van der Waals surface area contributed by atoms with E-state index >= 15 is 0 Å². The zero-order valence-corrected chi connectivity index (χ0v) is 15.8. The van der Waals surface area contributed by atoms with Crippen molar-refractivity contribution in [3.8, 4) is 17.2 Å². The van der Waals surface area contributed by atoms with E-state index in [0.717, 1.165) is 36.1 Å². The summed E-state index contributed by atoms with van der Waals surface area (Å²) in [5.74, 6) is 1.46. The average molecular weight is 370 g/mol. The molecule has 2 aliphatic carbocycles. The Kier molecular flexibility index (Phi) is 3.73. The van der Waals surface area contributed by atoms with Crippen molar-refractivity contribution < 1.29 is 14.9 Å². The summed E-state index contributed by atoms with van der Waals surface area (Å²) < 4.78 is 5.28. The highest BCUT2D eigenvalue weighted by molar-refractivity contribution is 5.90. The number of aromatic hydroxyl groups is 2. The number of rotatable bonds is 2. The molecule has 1 spiro atoms. The number of phenols is 2. The van der Waals surface area contributed by atoms with Gasteiger partial charge in [-0.05, 0) is 89.1 Å². The number of methoxy groups -OCH3 is 1. The summed E-state index contributed by atoms with van der Waals surface area (Å²) in [4.78, 5) is 0. The van der Waals surface area contributed by atoms with Crippen molar-refractivity contribution in [2.24, 2.45) is 5.41 Å². The van der Waals surface area contributed by atoms with Crippen LogP contribution in [0.3, 0.4) is 0 Å². The van der Waals surface area contributed by atoms with Gasteiger partial charge in [0.05, 0.1) is 7.11 Å². The Morgan fingerprint density at radius 1 is 0.786 bits per heavy atom. The van der Waals surface area contributed by atoms with Gasteiger partial charge in [0.1, 0.15) is 17.2 Å². The fourth-order valence-corrected chi connectivity index (χ4v) is 4.87. The van der Waals surface area contributed by atoms with Crippen LogP contribution in [0.5, 0.6) is 17.2 Å². The summed E-state index contributed by atoms with van der Waals surface area (Å²) in [7, 11) is 1.67. The summed E-state index contributed by atoms with van der Waals surface area (Å²) in [6.07, 6.45) is 5.03. The van der Waals surface area contributed by atoms with E-state index in [1.165, 1.54) is 22.3 Å². The zero-order valence-electron chi connectivity index (χ0n) is 15.8. The van der Waals surface area contributed by atoms with Gasteiger partial charge in [-0.25, -0.2) is 0 Å². The van der Waals surface area contributed by atoms with Gasteiger partial charge < -0.3 is 14.9 Å². The lowest BCUT2D eigenvalue weighted by molar-refractivity contribution is 0.415. The van der Waals surface area contributed by atoms with E-state index in [0.29, 0.717) is 11.5 Å². The van der Waals surface area contributed by atoms with Gasteiger partial charge in [-0.2, -0.15) is 0 Å². The predicted octanol–water partition coefficient (Wildman–Crippen LogP) is 4.99. The highest BCUT2D eigenvalue weighted by Crippen LogP contribution is 2.55. The highest BCUT2D eigenvalue weighted by atomic mass is 16.5. The lowest BCUT2D eigenvalue weighted by Gasteiger charge is -2.26. The molecule has 0 saturated heterocycles. The normalized spacial score (nSPS) is 21.1. The van der Waals surface area contributed by atoms with E-state index in [4.69, 9.17) is 4.74 Å². The Balaban J connectivity index is 1.64. The maximum absolute atomic E-state index is 10.1. The molecule has 1 atom stereocenters. The second kappa shape index (κ2) is 6.16. The van der Waals surface area contributed by atoms with Crippen molar-refractivity contribution in [2.75, 3.05) is 7.11 Å². The molecule has 28 heavy (non-hydrogen) atoms. The van der Waals surface area contributed by atoms with Crippen LogP contribution in [-0.4, -0.2) is 17.3 Å². The van der Waals surface area contributed by atoms with E-state index in [1.807, 2.05) is 36.4 Å². The second-order valence-corrected chi connectivity index (χ2v) is 7.94. The topological polar surface area (TPSA) is 49.7 Å². The second-order valence-electron chi connectivity index (χ2n) is 7.94. The molecule has 5 rings (SSSR count). The molecule has 3 aromatic rings. The van der Waals surface area contributed by atoms with Gasteiger partial charge in [-0.3, -0.25) is 0 Å². The molecule has 0 heterocycles. The summed E-state index contributed by atoms with van der Waals surface area (Å²) in [5, 5.41) is 20.0. The Morgan fingerprint density at radius 3 is 2.18 bits per heavy atom. The van der Waals surface area contributed by atoms with Crippen LogP contribution in [0, 0.1) is 5.41 Å². The number of ether oxygens (including phenoxy) is 1. The zero-order chi connectivity index (χ0) is 19.3. The fraction of sp³-hybridized carbons (Fsp3) is 0.200. The van der Waals surface area contributed by atoms with Crippen LogP contribution in [0.1, 0.15) is 27.8 Å². The number of hydrogen-bond acceptors (Lipinski definition) is 3. The molecule has 3 heteroatoms. The molecule has 0 saturated carbocycles. The van der Waals surface area contributed by atoms with E-state index in [-0.39, 0.29) is 5.41 Å². The monoisotopic (exact) mass is 370 g/mol. The molecule has 0 aromatic heterocycles. The third-order valence-corrected chi connectivity index (χ3v) is 6.16. The minimum Gasteiger partial charge on any atom is -0.508 e. The molecule has 0 bridgehead atoms. The van der Waals surface area contributed by atoms with Gasteiger partial charge in [-0.1, -0.05) is 30.3 Å². The molecule has 3 aromatic carbocycles. The van der Waals surface area contributed by atoms with Crippen molar-refractivity contribution in [3.63, 3.8) is 0 Å². The number of phenolic OH excluding ortho intramolecular Hbond substituents is 2. The minimum atomic E-state index is -0.0355. The van der Waals surface area contributed by atoms with Crippen LogP contribution in [0.2, 0.25) is 0 Å². The molecule has 140 valence electrons. The van der Waals surface area contributed by atoms with Gasteiger partial charge in [0, 0.05) is 5.41 Å². The molecule has 1 unspecified atom stereocenters. The Labute approximate surface area is 164 Å². The molecular weight excluding hydrogens is 348 g/mol. The first kappa shape index (κ1) is 16.9. The van der Waals surface area contributed by atoms with Gasteiger partial charge in [0.15, 0.2) is 0 Å². The van der Waals surface area contributed by atoms with Crippen LogP contribution in [-0.2, 0) is 19.3 Å². The van der Waals surface area contributed by atoms with E-state index in [9.17, 15) is 10.2 Å². The first-order valence-corrected chi connectivity index (χ1v) is 9.56. The maximum Gasteiger partial charge on any atom is 0.118 e. The summed E-state index contributed by atoms with van der Waals surface area (Å²) in [6, 6.07) is 19.5. The number of benzene rings is 3. The van der Waals surface area contributed by atoms with Gasteiger partial charge in [-0.15, -0.1) is 0 Å². The first-order valence-electron chi connectivity index (χ1n) is 9.56. The van der Waals surface area contributed by atoms with Crippen molar-refractivity contribution in [1.82, 2.24) is 0 Å². The first-order chi connectivity index (χ1) is 13.6. The van der Waals surface area contributed by atoms with E-state index in [2.05, 4.69) is 18.2 Å². The third-order valence-electron chi connectivity index (χ3n) is 6.16.